The van der Waals surface area contributed by atoms with E-state index in [9.17, 15) is 0 Å². The Kier molecular flexibility index (Phi) is 8.04. The Balaban J connectivity index is 1.13. The van der Waals surface area contributed by atoms with Crippen molar-refractivity contribution < 1.29 is 0 Å². The summed E-state index contributed by atoms with van der Waals surface area (Å²) < 4.78 is 0. The van der Waals surface area contributed by atoms with E-state index in [2.05, 4.69) is 187 Å². The highest BCUT2D eigenvalue weighted by molar-refractivity contribution is 5.96. The fourth-order valence-corrected chi connectivity index (χ4v) is 8.42. The third-order valence-corrected chi connectivity index (χ3v) is 10.9. The molecule has 1 aliphatic rings. The maximum Gasteiger partial charge on any atom is 0.160 e. The van der Waals surface area contributed by atoms with E-state index < -0.39 is 5.41 Å². The molecule has 0 atom stereocenters. The Morgan fingerprint density at radius 1 is 0.327 bits per heavy atom. The Labute approximate surface area is 321 Å². The molecular weight excluding hydrogens is 667 g/mol. The first-order valence-corrected chi connectivity index (χ1v) is 18.7. The van der Waals surface area contributed by atoms with Crippen molar-refractivity contribution >= 4 is 0 Å². The molecule has 258 valence electrons. The van der Waals surface area contributed by atoms with Crippen molar-refractivity contribution in [3.05, 3.63) is 235 Å². The van der Waals surface area contributed by atoms with Crippen LogP contribution in [-0.2, 0) is 5.41 Å². The molecule has 0 fully saturated rings. The minimum atomic E-state index is -0.457. The lowest BCUT2D eigenvalue weighted by molar-refractivity contribution is 0.768. The summed E-state index contributed by atoms with van der Waals surface area (Å²) in [6, 6.07) is 71.5. The topological polar surface area (TPSA) is 38.7 Å². The molecule has 9 aromatic rings. The SMILES string of the molecule is c1ccc(-c2cc(-c3cccc(-c4cccc5c4-c4ccccc4C5(c4ccccc4)c4ccccc4)c3)nc(-c3ccc(-c4ccncc4)cc3)n2)cc1. The monoisotopic (exact) mass is 701 g/mol. The van der Waals surface area contributed by atoms with Gasteiger partial charge < -0.3 is 0 Å². The molecule has 0 spiro atoms. The molecule has 10 rings (SSSR count). The molecule has 0 amide bonds. The van der Waals surface area contributed by atoms with Gasteiger partial charge in [0.05, 0.1) is 16.8 Å². The normalized spacial score (nSPS) is 12.5. The highest BCUT2D eigenvalue weighted by Crippen LogP contribution is 2.58. The van der Waals surface area contributed by atoms with Crippen molar-refractivity contribution in [2.75, 3.05) is 0 Å². The molecule has 0 unspecified atom stereocenters. The summed E-state index contributed by atoms with van der Waals surface area (Å²) in [4.78, 5) is 14.5. The molecule has 2 heterocycles. The molecule has 0 saturated carbocycles. The van der Waals surface area contributed by atoms with Crippen molar-refractivity contribution in [1.29, 1.82) is 0 Å². The van der Waals surface area contributed by atoms with Crippen molar-refractivity contribution in [3.8, 4) is 67.3 Å². The van der Waals surface area contributed by atoms with Crippen LogP contribution in [0.25, 0.3) is 67.3 Å². The Morgan fingerprint density at radius 3 is 1.55 bits per heavy atom. The molecule has 3 nitrogen and oxygen atoms in total. The van der Waals surface area contributed by atoms with Gasteiger partial charge in [-0.2, -0.15) is 0 Å². The van der Waals surface area contributed by atoms with E-state index in [0.717, 1.165) is 44.8 Å². The van der Waals surface area contributed by atoms with E-state index >= 15 is 0 Å². The van der Waals surface area contributed by atoms with Crippen molar-refractivity contribution in [2.45, 2.75) is 5.41 Å². The average Bonchev–Trinajstić information content (AvgIpc) is 3.59. The predicted molar refractivity (Wildman–Crippen MR) is 224 cm³/mol. The van der Waals surface area contributed by atoms with Gasteiger partial charge in [-0.1, -0.05) is 176 Å². The van der Waals surface area contributed by atoms with E-state index in [1.807, 2.05) is 30.6 Å². The van der Waals surface area contributed by atoms with Crippen molar-refractivity contribution in [2.24, 2.45) is 0 Å². The van der Waals surface area contributed by atoms with Crippen LogP contribution >= 0.6 is 0 Å². The Hall–Kier alpha value is -7.23. The number of benzene rings is 7. The van der Waals surface area contributed by atoms with Gasteiger partial charge in [-0.25, -0.2) is 9.97 Å². The molecule has 0 saturated heterocycles. The third-order valence-electron chi connectivity index (χ3n) is 10.9. The number of rotatable bonds is 7. The molecule has 7 aromatic carbocycles. The van der Waals surface area contributed by atoms with Crippen LogP contribution in [0.5, 0.6) is 0 Å². The maximum absolute atomic E-state index is 5.23. The van der Waals surface area contributed by atoms with Crippen molar-refractivity contribution in [3.63, 3.8) is 0 Å². The Morgan fingerprint density at radius 2 is 0.836 bits per heavy atom. The number of pyridine rings is 1. The van der Waals surface area contributed by atoms with Crippen LogP contribution < -0.4 is 0 Å². The largest absolute Gasteiger partial charge is 0.265 e. The van der Waals surface area contributed by atoms with E-state index in [4.69, 9.17) is 9.97 Å². The van der Waals surface area contributed by atoms with Gasteiger partial charge in [0.15, 0.2) is 5.82 Å². The lowest BCUT2D eigenvalue weighted by Gasteiger charge is -2.34. The molecule has 2 aromatic heterocycles. The fourth-order valence-electron chi connectivity index (χ4n) is 8.42. The first-order chi connectivity index (χ1) is 27.3. The van der Waals surface area contributed by atoms with Crippen LogP contribution in [0.2, 0.25) is 0 Å². The van der Waals surface area contributed by atoms with Gasteiger partial charge in [0.1, 0.15) is 0 Å². The average molecular weight is 702 g/mol. The lowest BCUT2D eigenvalue weighted by atomic mass is 9.67. The van der Waals surface area contributed by atoms with Gasteiger partial charge in [-0.05, 0) is 79.9 Å². The number of hydrogen-bond acceptors (Lipinski definition) is 3. The maximum atomic E-state index is 5.23. The van der Waals surface area contributed by atoms with Crippen LogP contribution in [0.15, 0.2) is 213 Å². The van der Waals surface area contributed by atoms with Crippen LogP contribution in [0, 0.1) is 0 Å². The molecule has 3 heteroatoms. The Bertz CT molecular complexity index is 2740. The van der Waals surface area contributed by atoms with Gasteiger partial charge in [0.2, 0.25) is 0 Å². The van der Waals surface area contributed by atoms with E-state index in [0.29, 0.717) is 5.82 Å². The lowest BCUT2D eigenvalue weighted by Crippen LogP contribution is -2.28. The van der Waals surface area contributed by atoms with Gasteiger partial charge in [-0.15, -0.1) is 0 Å². The summed E-state index contributed by atoms with van der Waals surface area (Å²) in [5.74, 6) is 0.688. The number of hydrogen-bond donors (Lipinski definition) is 0. The van der Waals surface area contributed by atoms with E-state index in [-0.39, 0.29) is 0 Å². The molecule has 0 aliphatic heterocycles. The smallest absolute Gasteiger partial charge is 0.160 e. The zero-order valence-electron chi connectivity index (χ0n) is 30.0. The van der Waals surface area contributed by atoms with Gasteiger partial charge in [0, 0.05) is 29.1 Å². The molecule has 0 bridgehead atoms. The summed E-state index contributed by atoms with van der Waals surface area (Å²) in [6.45, 7) is 0. The zero-order chi connectivity index (χ0) is 36.6. The second-order valence-corrected chi connectivity index (χ2v) is 14.0. The van der Waals surface area contributed by atoms with Crippen LogP contribution in [-0.4, -0.2) is 15.0 Å². The van der Waals surface area contributed by atoms with E-state index in [1.54, 1.807) is 0 Å². The second-order valence-electron chi connectivity index (χ2n) is 14.0. The van der Waals surface area contributed by atoms with Crippen LogP contribution in [0.4, 0.5) is 0 Å². The summed E-state index contributed by atoms with van der Waals surface area (Å²) >= 11 is 0. The van der Waals surface area contributed by atoms with Gasteiger partial charge in [-0.3, -0.25) is 4.98 Å². The minimum Gasteiger partial charge on any atom is -0.265 e. The molecule has 1 aliphatic carbocycles. The molecular formula is C52H35N3. The predicted octanol–water partition coefficient (Wildman–Crippen LogP) is 12.6. The fraction of sp³-hybridized carbons (Fsp3) is 0.0192. The quantitative estimate of drug-likeness (QED) is 0.166. The first-order valence-electron chi connectivity index (χ1n) is 18.7. The molecule has 0 radical (unpaired) electrons. The van der Waals surface area contributed by atoms with Gasteiger partial charge in [0.25, 0.3) is 0 Å². The van der Waals surface area contributed by atoms with Crippen LogP contribution in [0.3, 0.4) is 0 Å². The van der Waals surface area contributed by atoms with Gasteiger partial charge >= 0.3 is 0 Å². The third kappa shape index (κ3) is 5.57. The summed E-state index contributed by atoms with van der Waals surface area (Å²) in [6.07, 6.45) is 3.64. The van der Waals surface area contributed by atoms with Crippen LogP contribution in [0.1, 0.15) is 22.3 Å². The molecule has 55 heavy (non-hydrogen) atoms. The zero-order valence-corrected chi connectivity index (χ0v) is 30.0. The number of fused-ring (bicyclic) bond motifs is 3. The first kappa shape index (κ1) is 32.4. The van der Waals surface area contributed by atoms with E-state index in [1.165, 1.54) is 38.9 Å². The second kappa shape index (κ2) is 13.6. The number of aromatic nitrogens is 3. The van der Waals surface area contributed by atoms with Crippen molar-refractivity contribution in [1.82, 2.24) is 15.0 Å². The number of nitrogens with zero attached hydrogens (tertiary/aromatic N) is 3. The summed E-state index contributed by atoms with van der Waals surface area (Å²) in [7, 11) is 0. The highest BCUT2D eigenvalue weighted by Gasteiger charge is 2.46. The summed E-state index contributed by atoms with van der Waals surface area (Å²) in [5.41, 5.74) is 16.6. The molecule has 0 N–H and O–H groups in total. The minimum absolute atomic E-state index is 0.457. The summed E-state index contributed by atoms with van der Waals surface area (Å²) in [5, 5.41) is 0. The standard InChI is InChI=1S/C52H35N3/c1-4-14-38(15-5-1)48-35-49(55-51(54-48)39-28-26-36(27-29-39)37-30-32-53-33-31-37)41-17-12-16-40(34-41)44-23-13-25-47-50(44)45-22-10-11-24-46(45)52(47,42-18-6-2-7-19-42)43-20-8-3-9-21-43/h1-35H. The highest BCUT2D eigenvalue weighted by atomic mass is 14.9.